The summed E-state index contributed by atoms with van der Waals surface area (Å²) in [5.41, 5.74) is 3.60. The molecule has 0 aliphatic rings. The molecule has 0 saturated carbocycles. The van der Waals surface area contributed by atoms with Crippen molar-refractivity contribution in [3.8, 4) is 17.0 Å². The van der Waals surface area contributed by atoms with Crippen LogP contribution >= 0.6 is 0 Å². The Labute approximate surface area is 175 Å². The molecule has 4 aromatic rings. The average Bonchev–Trinajstić information content (AvgIpc) is 2.74. The van der Waals surface area contributed by atoms with Crippen molar-refractivity contribution in [2.45, 2.75) is 26.5 Å². The number of hydrogen-bond acceptors (Lipinski definition) is 4. The van der Waals surface area contributed by atoms with Gasteiger partial charge in [0.1, 0.15) is 18.5 Å². The van der Waals surface area contributed by atoms with Crippen LogP contribution in [0.25, 0.3) is 22.0 Å². The average molecular weight is 400 g/mol. The molecule has 1 aromatic heterocycles. The summed E-state index contributed by atoms with van der Waals surface area (Å²) < 4.78 is 7.08. The standard InChI is InChI=1S/C25H24N2O3/c1-17-12-18(2)14-21(13-17)30-16-20(28)15-27-25(29)23-11-7-6-10-22(23)24(26-27)19-8-4-3-5-9-19/h3-14,20,28H,15-16H2,1-2H3. The normalized spacial score (nSPS) is 12.1. The number of ether oxygens (including phenoxy) is 1. The Morgan fingerprint density at radius 3 is 2.27 bits per heavy atom. The highest BCUT2D eigenvalue weighted by Crippen LogP contribution is 2.24. The van der Waals surface area contributed by atoms with E-state index in [0.717, 1.165) is 22.1 Å². The lowest BCUT2D eigenvalue weighted by Crippen LogP contribution is -2.32. The van der Waals surface area contributed by atoms with E-state index in [4.69, 9.17) is 4.74 Å². The van der Waals surface area contributed by atoms with E-state index in [1.807, 2.05) is 74.5 Å². The molecule has 0 aliphatic carbocycles. The van der Waals surface area contributed by atoms with E-state index in [1.54, 1.807) is 6.07 Å². The molecule has 0 spiro atoms. The molecule has 5 heteroatoms. The molecule has 0 radical (unpaired) electrons. The van der Waals surface area contributed by atoms with Gasteiger partial charge in [0, 0.05) is 10.9 Å². The zero-order chi connectivity index (χ0) is 21.1. The summed E-state index contributed by atoms with van der Waals surface area (Å²) in [5.74, 6) is 0.704. The van der Waals surface area contributed by atoms with Gasteiger partial charge < -0.3 is 9.84 Å². The predicted molar refractivity (Wildman–Crippen MR) is 119 cm³/mol. The van der Waals surface area contributed by atoms with Crippen LogP contribution in [0.15, 0.2) is 77.6 Å². The number of hydrogen-bond donors (Lipinski definition) is 1. The summed E-state index contributed by atoms with van der Waals surface area (Å²) in [6, 6.07) is 23.1. The molecule has 0 aliphatic heterocycles. The zero-order valence-electron chi connectivity index (χ0n) is 17.1. The highest BCUT2D eigenvalue weighted by molar-refractivity contribution is 5.93. The summed E-state index contributed by atoms with van der Waals surface area (Å²) in [5, 5.41) is 16.5. The second-order valence-electron chi connectivity index (χ2n) is 7.54. The molecule has 30 heavy (non-hydrogen) atoms. The smallest absolute Gasteiger partial charge is 0.274 e. The second-order valence-corrected chi connectivity index (χ2v) is 7.54. The maximum absolute atomic E-state index is 13.0. The minimum atomic E-state index is -0.874. The maximum Gasteiger partial charge on any atom is 0.274 e. The fourth-order valence-electron chi connectivity index (χ4n) is 3.63. The van der Waals surface area contributed by atoms with Gasteiger partial charge in [0.15, 0.2) is 0 Å². The van der Waals surface area contributed by atoms with Crippen molar-refractivity contribution in [2.24, 2.45) is 0 Å². The number of nitrogens with zero attached hydrogens (tertiary/aromatic N) is 2. The summed E-state index contributed by atoms with van der Waals surface area (Å²) in [4.78, 5) is 13.0. The van der Waals surface area contributed by atoms with Crippen LogP contribution in [0.3, 0.4) is 0 Å². The van der Waals surface area contributed by atoms with Gasteiger partial charge in [-0.2, -0.15) is 5.10 Å². The lowest BCUT2D eigenvalue weighted by molar-refractivity contribution is 0.0882. The van der Waals surface area contributed by atoms with E-state index in [2.05, 4.69) is 11.2 Å². The molecular weight excluding hydrogens is 376 g/mol. The third kappa shape index (κ3) is 4.26. The first-order valence-electron chi connectivity index (χ1n) is 9.96. The Balaban J connectivity index is 1.62. The van der Waals surface area contributed by atoms with Crippen molar-refractivity contribution < 1.29 is 9.84 Å². The first kappa shape index (κ1) is 19.9. The summed E-state index contributed by atoms with van der Waals surface area (Å²) >= 11 is 0. The van der Waals surface area contributed by atoms with Gasteiger partial charge in [-0.05, 0) is 43.2 Å². The molecule has 152 valence electrons. The van der Waals surface area contributed by atoms with Crippen LogP contribution in [0.1, 0.15) is 11.1 Å². The minimum absolute atomic E-state index is 0.0499. The van der Waals surface area contributed by atoms with Crippen molar-refractivity contribution in [2.75, 3.05) is 6.61 Å². The van der Waals surface area contributed by atoms with Crippen LogP contribution in [-0.4, -0.2) is 27.6 Å². The van der Waals surface area contributed by atoms with Crippen LogP contribution in [-0.2, 0) is 6.54 Å². The Morgan fingerprint density at radius 1 is 0.933 bits per heavy atom. The molecule has 1 heterocycles. The number of fused-ring (bicyclic) bond motifs is 1. The molecule has 0 saturated heterocycles. The van der Waals surface area contributed by atoms with Gasteiger partial charge in [0.2, 0.25) is 0 Å². The Kier molecular flexibility index (Phi) is 5.63. The van der Waals surface area contributed by atoms with Crippen LogP contribution in [0, 0.1) is 13.8 Å². The summed E-state index contributed by atoms with van der Waals surface area (Å²) in [6.45, 7) is 4.12. The van der Waals surface area contributed by atoms with Gasteiger partial charge in [-0.1, -0.05) is 54.6 Å². The third-order valence-corrected chi connectivity index (χ3v) is 4.94. The van der Waals surface area contributed by atoms with Gasteiger partial charge in [0.05, 0.1) is 17.6 Å². The third-order valence-electron chi connectivity index (χ3n) is 4.94. The summed E-state index contributed by atoms with van der Waals surface area (Å²) in [7, 11) is 0. The topological polar surface area (TPSA) is 64.3 Å². The van der Waals surface area contributed by atoms with Crippen molar-refractivity contribution in [1.82, 2.24) is 9.78 Å². The fraction of sp³-hybridized carbons (Fsp3) is 0.200. The van der Waals surface area contributed by atoms with Gasteiger partial charge in [0.25, 0.3) is 5.56 Å². The van der Waals surface area contributed by atoms with E-state index in [-0.39, 0.29) is 18.7 Å². The highest BCUT2D eigenvalue weighted by atomic mass is 16.5. The number of benzene rings is 3. The Hall–Kier alpha value is -3.44. The van der Waals surface area contributed by atoms with Crippen molar-refractivity contribution in [3.05, 3.63) is 94.3 Å². The molecule has 0 amide bonds. The SMILES string of the molecule is Cc1cc(C)cc(OCC(O)Cn2nc(-c3ccccc3)c3ccccc3c2=O)c1. The van der Waals surface area contributed by atoms with E-state index in [9.17, 15) is 9.90 Å². The molecular formula is C25H24N2O3. The quantitative estimate of drug-likeness (QED) is 0.529. The lowest BCUT2D eigenvalue weighted by atomic mass is 10.1. The first-order chi connectivity index (χ1) is 14.5. The van der Waals surface area contributed by atoms with Crippen LogP contribution in [0.5, 0.6) is 5.75 Å². The van der Waals surface area contributed by atoms with E-state index in [0.29, 0.717) is 16.8 Å². The number of aliphatic hydroxyl groups excluding tert-OH is 1. The number of aryl methyl sites for hydroxylation is 2. The lowest BCUT2D eigenvalue weighted by Gasteiger charge is -2.16. The van der Waals surface area contributed by atoms with E-state index < -0.39 is 6.10 Å². The molecule has 1 unspecified atom stereocenters. The van der Waals surface area contributed by atoms with E-state index in [1.165, 1.54) is 4.68 Å². The molecule has 3 aromatic carbocycles. The fourth-order valence-corrected chi connectivity index (χ4v) is 3.63. The Morgan fingerprint density at radius 2 is 1.57 bits per heavy atom. The molecule has 1 atom stereocenters. The Bertz CT molecular complexity index is 1210. The number of aliphatic hydroxyl groups is 1. The van der Waals surface area contributed by atoms with Crippen molar-refractivity contribution >= 4 is 10.8 Å². The predicted octanol–water partition coefficient (Wildman–Crippen LogP) is 4.12. The van der Waals surface area contributed by atoms with Gasteiger partial charge >= 0.3 is 0 Å². The van der Waals surface area contributed by atoms with Gasteiger partial charge in [-0.15, -0.1) is 0 Å². The maximum atomic E-state index is 13.0. The summed E-state index contributed by atoms with van der Waals surface area (Å²) in [6.07, 6.45) is -0.874. The van der Waals surface area contributed by atoms with Crippen LogP contribution in [0.4, 0.5) is 0 Å². The molecule has 4 rings (SSSR count). The highest BCUT2D eigenvalue weighted by Gasteiger charge is 2.15. The molecule has 5 nitrogen and oxygen atoms in total. The van der Waals surface area contributed by atoms with Gasteiger partial charge in [-0.25, -0.2) is 4.68 Å². The zero-order valence-corrected chi connectivity index (χ0v) is 17.1. The second kappa shape index (κ2) is 8.51. The number of aromatic nitrogens is 2. The van der Waals surface area contributed by atoms with Crippen molar-refractivity contribution in [1.29, 1.82) is 0 Å². The van der Waals surface area contributed by atoms with Crippen LogP contribution < -0.4 is 10.3 Å². The first-order valence-corrected chi connectivity index (χ1v) is 9.96. The van der Waals surface area contributed by atoms with Gasteiger partial charge in [-0.3, -0.25) is 4.79 Å². The number of rotatable bonds is 6. The molecule has 0 bridgehead atoms. The largest absolute Gasteiger partial charge is 0.491 e. The van der Waals surface area contributed by atoms with Crippen LogP contribution in [0.2, 0.25) is 0 Å². The van der Waals surface area contributed by atoms with Crippen molar-refractivity contribution in [3.63, 3.8) is 0 Å². The molecule has 0 fully saturated rings. The minimum Gasteiger partial charge on any atom is -0.491 e. The monoisotopic (exact) mass is 400 g/mol. The van der Waals surface area contributed by atoms with E-state index >= 15 is 0 Å². The molecule has 1 N–H and O–H groups in total.